The Bertz CT molecular complexity index is 1180. The highest BCUT2D eigenvalue weighted by atomic mass is 16.5. The number of carbonyl (C=O) groups excluding carboxylic acids is 1. The van der Waals surface area contributed by atoms with E-state index >= 15 is 0 Å². The molecule has 0 aliphatic carbocycles. The van der Waals surface area contributed by atoms with Crippen LogP contribution in [0.2, 0.25) is 0 Å². The Kier molecular flexibility index (Phi) is 5.80. The topological polar surface area (TPSA) is 56.1 Å². The first-order chi connectivity index (χ1) is 14.6. The number of fused-ring (bicyclic) bond motifs is 1. The zero-order valence-electron chi connectivity index (χ0n) is 17.3. The molecule has 5 heteroatoms. The third-order valence-corrected chi connectivity index (χ3v) is 5.23. The lowest BCUT2D eigenvalue weighted by molar-refractivity contribution is -0.115. The molecule has 0 saturated carbocycles. The van der Waals surface area contributed by atoms with Crippen molar-refractivity contribution >= 4 is 22.6 Å². The Morgan fingerprint density at radius 1 is 0.967 bits per heavy atom. The Balaban J connectivity index is 1.39. The summed E-state index contributed by atoms with van der Waals surface area (Å²) < 4.78 is 7.37. The fraction of sp³-hybridized carbons (Fsp3) is 0.200. The zero-order valence-corrected chi connectivity index (χ0v) is 17.3. The van der Waals surface area contributed by atoms with Crippen molar-refractivity contribution in [2.75, 3.05) is 12.4 Å². The third-order valence-electron chi connectivity index (χ3n) is 5.23. The highest BCUT2D eigenvalue weighted by Gasteiger charge is 2.09. The molecule has 0 spiro atoms. The molecule has 0 bridgehead atoms. The highest BCUT2D eigenvalue weighted by molar-refractivity contribution is 5.92. The fourth-order valence-electron chi connectivity index (χ4n) is 3.65. The lowest BCUT2D eigenvalue weighted by atomic mass is 10.1. The smallest absolute Gasteiger partial charge is 0.228 e. The van der Waals surface area contributed by atoms with Crippen LogP contribution in [0.15, 0.2) is 72.8 Å². The molecule has 3 aromatic carbocycles. The summed E-state index contributed by atoms with van der Waals surface area (Å²) >= 11 is 0. The van der Waals surface area contributed by atoms with Crippen molar-refractivity contribution in [2.45, 2.75) is 19.3 Å². The van der Waals surface area contributed by atoms with Crippen LogP contribution in [0.4, 0.5) is 5.69 Å². The molecular weight excluding hydrogens is 374 g/mol. The van der Waals surface area contributed by atoms with Gasteiger partial charge in [-0.3, -0.25) is 4.79 Å². The van der Waals surface area contributed by atoms with Gasteiger partial charge in [-0.1, -0.05) is 36.4 Å². The molecule has 0 saturated heterocycles. The summed E-state index contributed by atoms with van der Waals surface area (Å²) in [6, 6.07) is 23.8. The molecule has 5 nitrogen and oxygen atoms in total. The van der Waals surface area contributed by atoms with E-state index in [0.29, 0.717) is 6.42 Å². The summed E-state index contributed by atoms with van der Waals surface area (Å²) in [5.74, 6) is 1.77. The average Bonchev–Trinajstić information content (AvgIpc) is 3.08. The number of imidazole rings is 1. The van der Waals surface area contributed by atoms with Crippen LogP contribution >= 0.6 is 0 Å². The summed E-state index contributed by atoms with van der Waals surface area (Å²) in [7, 11) is 3.68. The van der Waals surface area contributed by atoms with E-state index in [2.05, 4.69) is 29.1 Å². The van der Waals surface area contributed by atoms with Crippen molar-refractivity contribution in [1.29, 1.82) is 0 Å². The number of amides is 1. The van der Waals surface area contributed by atoms with Crippen molar-refractivity contribution < 1.29 is 9.53 Å². The molecule has 1 heterocycles. The second-order valence-electron chi connectivity index (χ2n) is 7.35. The molecule has 1 amide bonds. The quantitative estimate of drug-likeness (QED) is 0.496. The number of carbonyl (C=O) groups is 1. The number of hydrogen-bond donors (Lipinski definition) is 1. The number of aromatic nitrogens is 2. The van der Waals surface area contributed by atoms with Gasteiger partial charge in [0.2, 0.25) is 5.91 Å². The number of aryl methyl sites for hydroxylation is 3. The number of hydrogen-bond acceptors (Lipinski definition) is 3. The summed E-state index contributed by atoms with van der Waals surface area (Å²) in [6.07, 6.45) is 2.00. The van der Waals surface area contributed by atoms with Crippen molar-refractivity contribution in [1.82, 2.24) is 9.55 Å². The molecule has 0 aliphatic heterocycles. The molecule has 0 aliphatic rings. The van der Waals surface area contributed by atoms with Gasteiger partial charge in [-0.25, -0.2) is 4.98 Å². The number of anilines is 1. The number of benzene rings is 3. The van der Waals surface area contributed by atoms with Crippen LogP contribution < -0.4 is 10.1 Å². The van der Waals surface area contributed by atoms with E-state index in [-0.39, 0.29) is 5.91 Å². The van der Waals surface area contributed by atoms with E-state index in [9.17, 15) is 4.79 Å². The number of nitrogens with zero attached hydrogens (tertiary/aromatic N) is 2. The van der Waals surface area contributed by atoms with Gasteiger partial charge in [0.1, 0.15) is 11.6 Å². The van der Waals surface area contributed by atoms with E-state index in [0.717, 1.165) is 46.7 Å². The predicted octanol–water partition coefficient (Wildman–Crippen LogP) is 4.55. The molecular formula is C25H25N3O2. The first-order valence-corrected chi connectivity index (χ1v) is 10.0. The maximum Gasteiger partial charge on any atom is 0.228 e. The normalized spacial score (nSPS) is 10.9. The molecule has 0 unspecified atom stereocenters. The van der Waals surface area contributed by atoms with E-state index in [1.54, 1.807) is 7.11 Å². The van der Waals surface area contributed by atoms with Crippen molar-refractivity contribution in [3.05, 3.63) is 89.7 Å². The summed E-state index contributed by atoms with van der Waals surface area (Å²) in [6.45, 7) is 0. The number of ether oxygens (including phenoxy) is 1. The minimum Gasteiger partial charge on any atom is -0.497 e. The van der Waals surface area contributed by atoms with Crippen molar-refractivity contribution in [2.24, 2.45) is 7.05 Å². The van der Waals surface area contributed by atoms with Gasteiger partial charge in [-0.05, 0) is 53.9 Å². The Hall–Kier alpha value is -3.60. The van der Waals surface area contributed by atoms with Crippen LogP contribution in [-0.4, -0.2) is 22.6 Å². The van der Waals surface area contributed by atoms with Gasteiger partial charge in [-0.2, -0.15) is 0 Å². The van der Waals surface area contributed by atoms with E-state index in [1.165, 1.54) is 5.56 Å². The minimum absolute atomic E-state index is 0.0456. The SMILES string of the molecule is COc1cccc(CC(=O)Nc2cccc(CCc3nc4ccccc4n3C)c2)c1. The molecule has 1 N–H and O–H groups in total. The van der Waals surface area contributed by atoms with Crippen molar-refractivity contribution in [3.8, 4) is 5.75 Å². The van der Waals surface area contributed by atoms with E-state index in [1.807, 2.05) is 60.7 Å². The fourth-order valence-corrected chi connectivity index (χ4v) is 3.65. The number of methoxy groups -OCH3 is 1. The van der Waals surface area contributed by atoms with Crippen molar-refractivity contribution in [3.63, 3.8) is 0 Å². The molecule has 152 valence electrons. The summed E-state index contributed by atoms with van der Waals surface area (Å²) in [4.78, 5) is 17.2. The van der Waals surface area contributed by atoms with E-state index < -0.39 is 0 Å². The molecule has 1 aromatic heterocycles. The average molecular weight is 399 g/mol. The monoisotopic (exact) mass is 399 g/mol. The lowest BCUT2D eigenvalue weighted by Crippen LogP contribution is -2.14. The Morgan fingerprint density at radius 3 is 2.60 bits per heavy atom. The number of rotatable bonds is 7. The Labute approximate surface area is 176 Å². The van der Waals surface area contributed by atoms with Crippen LogP contribution in [0.3, 0.4) is 0 Å². The van der Waals surface area contributed by atoms with Gasteiger partial charge in [-0.15, -0.1) is 0 Å². The van der Waals surface area contributed by atoms with Crippen LogP contribution in [0, 0.1) is 0 Å². The number of nitrogens with one attached hydrogen (secondary N) is 1. The molecule has 4 aromatic rings. The second kappa shape index (κ2) is 8.82. The van der Waals surface area contributed by atoms with Crippen LogP contribution in [0.25, 0.3) is 11.0 Å². The van der Waals surface area contributed by atoms with Crippen LogP contribution in [-0.2, 0) is 31.1 Å². The molecule has 0 fully saturated rings. The number of para-hydroxylation sites is 2. The molecule has 30 heavy (non-hydrogen) atoms. The highest BCUT2D eigenvalue weighted by Crippen LogP contribution is 2.18. The van der Waals surface area contributed by atoms with E-state index in [4.69, 9.17) is 9.72 Å². The standard InChI is InChI=1S/C25H25N3O2/c1-28-23-12-4-3-11-22(23)27-24(28)14-13-18-7-5-9-20(15-18)26-25(29)17-19-8-6-10-21(16-19)30-2/h3-12,15-16H,13-14,17H2,1-2H3,(H,26,29). The van der Waals surface area contributed by atoms with Gasteiger partial charge >= 0.3 is 0 Å². The van der Waals surface area contributed by atoms with Gasteiger partial charge in [0.15, 0.2) is 0 Å². The zero-order chi connectivity index (χ0) is 20.9. The third kappa shape index (κ3) is 4.51. The van der Waals surface area contributed by atoms with Gasteiger partial charge in [0.25, 0.3) is 0 Å². The summed E-state index contributed by atoms with van der Waals surface area (Å²) in [5, 5.41) is 3.00. The molecule has 0 atom stereocenters. The first kappa shape index (κ1) is 19.7. The largest absolute Gasteiger partial charge is 0.497 e. The lowest BCUT2D eigenvalue weighted by Gasteiger charge is -2.09. The van der Waals surface area contributed by atoms with Crippen LogP contribution in [0.5, 0.6) is 5.75 Å². The minimum atomic E-state index is -0.0456. The van der Waals surface area contributed by atoms with Gasteiger partial charge < -0.3 is 14.6 Å². The Morgan fingerprint density at radius 2 is 1.77 bits per heavy atom. The first-order valence-electron chi connectivity index (χ1n) is 10.0. The van der Waals surface area contributed by atoms with Gasteiger partial charge in [0, 0.05) is 19.2 Å². The predicted molar refractivity (Wildman–Crippen MR) is 120 cm³/mol. The molecule has 4 rings (SSSR count). The summed E-state index contributed by atoms with van der Waals surface area (Å²) in [5.41, 5.74) is 5.07. The maximum atomic E-state index is 12.5. The maximum absolute atomic E-state index is 12.5. The second-order valence-corrected chi connectivity index (χ2v) is 7.35. The van der Waals surface area contributed by atoms with Gasteiger partial charge in [0.05, 0.1) is 24.6 Å². The van der Waals surface area contributed by atoms with Crippen LogP contribution in [0.1, 0.15) is 17.0 Å². The molecule has 0 radical (unpaired) electrons.